The van der Waals surface area contributed by atoms with E-state index in [1.807, 2.05) is 30.5 Å². The largest absolute Gasteiger partial charge is 0.480 e. The average molecular weight is 419 g/mol. The van der Waals surface area contributed by atoms with E-state index in [0.29, 0.717) is 17.9 Å². The molecule has 3 aromatic carbocycles. The first-order chi connectivity index (χ1) is 15.7. The van der Waals surface area contributed by atoms with Crippen LogP contribution in [0.3, 0.4) is 0 Å². The Morgan fingerprint density at radius 2 is 1.97 bits per heavy atom. The van der Waals surface area contributed by atoms with Crippen LogP contribution in [0.4, 0.5) is 11.4 Å². The predicted molar refractivity (Wildman–Crippen MR) is 132 cm³/mol. The second kappa shape index (κ2) is 8.77. The van der Waals surface area contributed by atoms with E-state index in [0.717, 1.165) is 23.4 Å². The van der Waals surface area contributed by atoms with Gasteiger partial charge < -0.3 is 10.1 Å². The average Bonchev–Trinajstić information content (AvgIpc) is 3.32. The molecule has 0 saturated heterocycles. The van der Waals surface area contributed by atoms with E-state index < -0.39 is 0 Å². The van der Waals surface area contributed by atoms with Crippen LogP contribution in [-0.2, 0) is 0 Å². The lowest BCUT2D eigenvalue weighted by atomic mass is 9.76. The minimum atomic E-state index is 0.244. The van der Waals surface area contributed by atoms with Crippen molar-refractivity contribution in [3.8, 4) is 18.1 Å². The Bertz CT molecular complexity index is 1220. The van der Waals surface area contributed by atoms with Crippen molar-refractivity contribution in [1.82, 2.24) is 0 Å². The number of anilines is 1. The zero-order valence-electron chi connectivity index (χ0n) is 18.2. The number of para-hydroxylation sites is 1. The minimum Gasteiger partial charge on any atom is -0.480 e. The van der Waals surface area contributed by atoms with Crippen LogP contribution in [0.5, 0.6) is 5.75 Å². The number of allylic oxidation sites excluding steroid dienone is 2. The van der Waals surface area contributed by atoms with Gasteiger partial charge in [-0.25, -0.2) is 0 Å². The number of aryl methyl sites for hydroxylation is 1. The number of hydrogen-bond acceptors (Lipinski definition) is 3. The summed E-state index contributed by atoms with van der Waals surface area (Å²) >= 11 is 0. The Labute approximate surface area is 189 Å². The zero-order chi connectivity index (χ0) is 21.9. The first-order valence-electron chi connectivity index (χ1n) is 11.1. The van der Waals surface area contributed by atoms with Crippen molar-refractivity contribution >= 4 is 17.6 Å². The number of benzene rings is 3. The molecule has 3 aromatic rings. The lowest BCUT2D eigenvalue weighted by Crippen LogP contribution is -2.29. The molecule has 1 N–H and O–H groups in total. The smallest absolute Gasteiger partial charge is 0.148 e. The van der Waals surface area contributed by atoms with Gasteiger partial charge in [-0.3, -0.25) is 4.99 Å². The number of hydrogen-bond donors (Lipinski definition) is 1. The molecule has 1 aliphatic heterocycles. The van der Waals surface area contributed by atoms with Crippen LogP contribution in [0, 0.1) is 25.2 Å². The molecular formula is C29H26N2O. The summed E-state index contributed by atoms with van der Waals surface area (Å²) in [6, 6.07) is 23.4. The Morgan fingerprint density at radius 3 is 2.81 bits per heavy atom. The fourth-order valence-electron chi connectivity index (χ4n) is 4.79. The van der Waals surface area contributed by atoms with E-state index in [4.69, 9.17) is 11.2 Å². The molecule has 0 spiro atoms. The Kier molecular flexibility index (Phi) is 5.52. The molecule has 0 bridgehead atoms. The third kappa shape index (κ3) is 3.92. The Morgan fingerprint density at radius 1 is 1.12 bits per heavy atom. The molecule has 158 valence electrons. The topological polar surface area (TPSA) is 33.6 Å². The maximum absolute atomic E-state index is 5.61. The van der Waals surface area contributed by atoms with E-state index in [1.165, 1.54) is 22.4 Å². The van der Waals surface area contributed by atoms with Gasteiger partial charge in [-0.2, -0.15) is 0 Å². The van der Waals surface area contributed by atoms with Gasteiger partial charge >= 0.3 is 0 Å². The fraction of sp³-hybridized carbons (Fsp3) is 0.207. The lowest BCUT2D eigenvalue weighted by Gasteiger charge is -2.37. The third-order valence-electron chi connectivity index (χ3n) is 6.35. The summed E-state index contributed by atoms with van der Waals surface area (Å²) in [5, 5.41) is 3.81. The molecule has 32 heavy (non-hydrogen) atoms. The minimum absolute atomic E-state index is 0.244. The maximum atomic E-state index is 5.61. The van der Waals surface area contributed by atoms with Crippen LogP contribution in [0.25, 0.3) is 0 Å². The second-order valence-electron chi connectivity index (χ2n) is 8.45. The third-order valence-corrected chi connectivity index (χ3v) is 6.35. The quantitative estimate of drug-likeness (QED) is 0.288. The van der Waals surface area contributed by atoms with Crippen LogP contribution >= 0.6 is 0 Å². The summed E-state index contributed by atoms with van der Waals surface area (Å²) < 4.78 is 5.61. The van der Waals surface area contributed by atoms with Gasteiger partial charge in [0.05, 0.1) is 11.7 Å². The number of rotatable bonds is 5. The Balaban J connectivity index is 1.36. The molecule has 1 heterocycles. The molecule has 0 amide bonds. The van der Waals surface area contributed by atoms with Gasteiger partial charge in [0.1, 0.15) is 12.4 Å². The molecule has 5 rings (SSSR count). The molecule has 0 saturated carbocycles. The molecule has 1 aliphatic carbocycles. The number of nitrogens with zero attached hydrogens (tertiary/aromatic N) is 1. The van der Waals surface area contributed by atoms with Crippen molar-refractivity contribution in [2.24, 2.45) is 10.9 Å². The van der Waals surface area contributed by atoms with Crippen LogP contribution in [0.15, 0.2) is 83.9 Å². The SMILES string of the molecule is C#CCOc1ccccc1C=Nc1ccc([C@@H]2Nc3ccc(C)cc3[C@H]3C=CC[C@@H]32)cc1. The standard InChI is InChI=1S/C29H26N2O/c1-3-17-32-28-10-5-4-7-22(28)19-30-23-14-12-21(13-15-23)29-25-9-6-8-24(25)26-18-20(2)11-16-27(26)31-29/h1,4-8,10-16,18-19,24-25,29,31H,9,17H2,2H3/t24-,25-,29-/m0/s1. The summed E-state index contributed by atoms with van der Waals surface area (Å²) in [4.78, 5) is 4.65. The summed E-state index contributed by atoms with van der Waals surface area (Å²) in [5.41, 5.74) is 7.11. The van der Waals surface area contributed by atoms with Crippen molar-refractivity contribution < 1.29 is 4.74 Å². The van der Waals surface area contributed by atoms with E-state index in [2.05, 4.69) is 77.8 Å². The van der Waals surface area contributed by atoms with Crippen LogP contribution in [0.2, 0.25) is 0 Å². The molecule has 0 aromatic heterocycles. The summed E-state index contributed by atoms with van der Waals surface area (Å²) in [7, 11) is 0. The van der Waals surface area contributed by atoms with Crippen molar-refractivity contribution in [3.05, 3.63) is 101 Å². The van der Waals surface area contributed by atoms with Gasteiger partial charge in [0, 0.05) is 23.4 Å². The van der Waals surface area contributed by atoms with Gasteiger partial charge in [-0.05, 0) is 60.7 Å². The highest BCUT2D eigenvalue weighted by Gasteiger charge is 2.37. The van der Waals surface area contributed by atoms with Crippen molar-refractivity contribution in [1.29, 1.82) is 0 Å². The lowest BCUT2D eigenvalue weighted by molar-refractivity contribution is 0.370. The number of terminal acetylenes is 1. The predicted octanol–water partition coefficient (Wildman–Crippen LogP) is 6.58. The first kappa shape index (κ1) is 20.2. The zero-order valence-corrected chi connectivity index (χ0v) is 18.2. The summed E-state index contributed by atoms with van der Waals surface area (Å²) in [6.45, 7) is 2.41. The summed E-state index contributed by atoms with van der Waals surface area (Å²) in [6.07, 6.45) is 13.0. The highest BCUT2D eigenvalue weighted by molar-refractivity contribution is 5.85. The number of aliphatic imine (C=N–C) groups is 1. The number of fused-ring (bicyclic) bond motifs is 3. The van der Waals surface area contributed by atoms with Crippen molar-refractivity contribution in [2.75, 3.05) is 11.9 Å². The van der Waals surface area contributed by atoms with E-state index in [1.54, 1.807) is 0 Å². The highest BCUT2D eigenvalue weighted by Crippen LogP contribution is 2.50. The van der Waals surface area contributed by atoms with Crippen LogP contribution in [-0.4, -0.2) is 12.8 Å². The van der Waals surface area contributed by atoms with Gasteiger partial charge in [-0.1, -0.05) is 60.0 Å². The molecule has 0 fully saturated rings. The number of ether oxygens (including phenoxy) is 1. The molecule has 3 nitrogen and oxygen atoms in total. The normalized spacial score (nSPS) is 20.9. The van der Waals surface area contributed by atoms with E-state index >= 15 is 0 Å². The summed E-state index contributed by atoms with van der Waals surface area (Å²) in [5.74, 6) is 4.26. The van der Waals surface area contributed by atoms with Gasteiger partial charge in [-0.15, -0.1) is 6.42 Å². The Hall–Kier alpha value is -3.77. The molecule has 3 heteroatoms. The van der Waals surface area contributed by atoms with Crippen molar-refractivity contribution in [3.63, 3.8) is 0 Å². The second-order valence-corrected chi connectivity index (χ2v) is 8.45. The number of nitrogens with one attached hydrogen (secondary N) is 1. The molecule has 0 radical (unpaired) electrons. The first-order valence-corrected chi connectivity index (χ1v) is 11.1. The van der Waals surface area contributed by atoms with E-state index in [-0.39, 0.29) is 6.61 Å². The molecule has 0 unspecified atom stereocenters. The molecular weight excluding hydrogens is 392 g/mol. The molecule has 3 atom stereocenters. The monoisotopic (exact) mass is 418 g/mol. The highest BCUT2D eigenvalue weighted by atomic mass is 16.5. The maximum Gasteiger partial charge on any atom is 0.148 e. The van der Waals surface area contributed by atoms with Gasteiger partial charge in [0.25, 0.3) is 0 Å². The van der Waals surface area contributed by atoms with Gasteiger partial charge in [0.15, 0.2) is 0 Å². The molecule has 2 aliphatic rings. The van der Waals surface area contributed by atoms with Crippen molar-refractivity contribution in [2.45, 2.75) is 25.3 Å². The van der Waals surface area contributed by atoms with Crippen LogP contribution < -0.4 is 10.1 Å². The fourth-order valence-corrected chi connectivity index (χ4v) is 4.79. The van der Waals surface area contributed by atoms with Crippen LogP contribution in [0.1, 0.15) is 40.6 Å². The van der Waals surface area contributed by atoms with Gasteiger partial charge in [0.2, 0.25) is 0 Å². The van der Waals surface area contributed by atoms with E-state index in [9.17, 15) is 0 Å².